The second-order valence-corrected chi connectivity index (χ2v) is 6.40. The summed E-state index contributed by atoms with van der Waals surface area (Å²) in [5, 5.41) is 3.61. The number of carbonyl (C=O) groups is 1. The topological polar surface area (TPSA) is 35.6 Å². The van der Waals surface area contributed by atoms with Crippen LogP contribution in [0.5, 0.6) is 0 Å². The van der Waals surface area contributed by atoms with Gasteiger partial charge in [-0.05, 0) is 45.1 Å². The summed E-state index contributed by atoms with van der Waals surface area (Å²) in [5.41, 5.74) is 0. The van der Waals surface area contributed by atoms with Crippen molar-refractivity contribution < 1.29 is 4.79 Å². The number of nitrogens with zero attached hydrogens (tertiary/aromatic N) is 2. The summed E-state index contributed by atoms with van der Waals surface area (Å²) in [5.74, 6) is 0.361. The average Bonchev–Trinajstić information content (AvgIpc) is 3.13. The van der Waals surface area contributed by atoms with Gasteiger partial charge in [0.05, 0.1) is 6.54 Å². The Bertz CT molecular complexity index is 305. The van der Waals surface area contributed by atoms with Crippen molar-refractivity contribution in [3.8, 4) is 0 Å². The van der Waals surface area contributed by atoms with Crippen LogP contribution in [0.2, 0.25) is 0 Å². The molecule has 3 aliphatic rings. The van der Waals surface area contributed by atoms with Crippen LogP contribution in [0.25, 0.3) is 0 Å². The van der Waals surface area contributed by atoms with Crippen LogP contribution in [0.15, 0.2) is 0 Å². The lowest BCUT2D eigenvalue weighted by Gasteiger charge is -2.31. The van der Waals surface area contributed by atoms with E-state index in [1.807, 2.05) is 0 Å². The summed E-state index contributed by atoms with van der Waals surface area (Å²) >= 11 is 0. The van der Waals surface area contributed by atoms with E-state index in [4.69, 9.17) is 0 Å². The molecule has 0 radical (unpaired) electrons. The van der Waals surface area contributed by atoms with Crippen LogP contribution in [0.4, 0.5) is 0 Å². The fourth-order valence-corrected chi connectivity index (χ4v) is 3.39. The first-order valence-electron chi connectivity index (χ1n) is 8.08. The molecule has 2 aliphatic heterocycles. The molecule has 1 aliphatic carbocycles. The van der Waals surface area contributed by atoms with Crippen molar-refractivity contribution in [3.05, 3.63) is 0 Å². The van der Waals surface area contributed by atoms with Crippen molar-refractivity contribution in [2.75, 3.05) is 32.7 Å². The molecule has 4 heteroatoms. The first kappa shape index (κ1) is 13.4. The zero-order chi connectivity index (χ0) is 13.1. The summed E-state index contributed by atoms with van der Waals surface area (Å²) in [6.07, 6.45) is 8.91. The Kier molecular flexibility index (Phi) is 4.38. The van der Waals surface area contributed by atoms with Crippen molar-refractivity contribution >= 4 is 5.91 Å². The number of piperidine rings is 1. The van der Waals surface area contributed by atoms with Gasteiger partial charge in [0.2, 0.25) is 5.91 Å². The molecular formula is C15H27N3O. The van der Waals surface area contributed by atoms with Gasteiger partial charge < -0.3 is 10.2 Å². The van der Waals surface area contributed by atoms with Gasteiger partial charge >= 0.3 is 0 Å². The van der Waals surface area contributed by atoms with E-state index in [2.05, 4.69) is 15.1 Å². The largest absolute Gasteiger partial charge is 0.342 e. The number of hydrogen-bond donors (Lipinski definition) is 1. The molecule has 1 atom stereocenters. The Labute approximate surface area is 116 Å². The lowest BCUT2D eigenvalue weighted by Crippen LogP contribution is -2.48. The van der Waals surface area contributed by atoms with E-state index < -0.39 is 0 Å². The highest BCUT2D eigenvalue weighted by atomic mass is 16.2. The third-order valence-electron chi connectivity index (χ3n) is 4.73. The summed E-state index contributed by atoms with van der Waals surface area (Å²) in [6.45, 7) is 4.86. The molecule has 0 aromatic rings. The smallest absolute Gasteiger partial charge is 0.236 e. The zero-order valence-electron chi connectivity index (χ0n) is 11.9. The standard InChI is InChI=1S/C15H27N3O/c19-15(17-9-3-4-10-17)12-18(14-6-7-14)11-13-5-1-2-8-16-13/h13-14,16H,1-12H2. The molecule has 4 nitrogen and oxygen atoms in total. The number of nitrogens with one attached hydrogen (secondary N) is 1. The Morgan fingerprint density at radius 2 is 1.89 bits per heavy atom. The second-order valence-electron chi connectivity index (χ2n) is 6.40. The van der Waals surface area contributed by atoms with Crippen molar-refractivity contribution in [2.45, 2.75) is 57.0 Å². The van der Waals surface area contributed by atoms with E-state index in [-0.39, 0.29) is 0 Å². The van der Waals surface area contributed by atoms with Gasteiger partial charge in [0.1, 0.15) is 0 Å². The minimum atomic E-state index is 0.361. The Morgan fingerprint density at radius 1 is 1.11 bits per heavy atom. The highest BCUT2D eigenvalue weighted by molar-refractivity contribution is 5.78. The van der Waals surface area contributed by atoms with Gasteiger partial charge in [-0.3, -0.25) is 9.69 Å². The second kappa shape index (κ2) is 6.23. The van der Waals surface area contributed by atoms with Crippen LogP contribution in [-0.4, -0.2) is 60.5 Å². The van der Waals surface area contributed by atoms with Crippen molar-refractivity contribution in [2.24, 2.45) is 0 Å². The van der Waals surface area contributed by atoms with Crippen LogP contribution in [0.3, 0.4) is 0 Å². The number of amides is 1. The molecule has 1 N–H and O–H groups in total. The van der Waals surface area contributed by atoms with Gasteiger partial charge in [-0.15, -0.1) is 0 Å². The van der Waals surface area contributed by atoms with Gasteiger partial charge in [-0.2, -0.15) is 0 Å². The molecule has 0 aromatic heterocycles. The molecule has 0 bridgehead atoms. The van der Waals surface area contributed by atoms with E-state index in [0.717, 1.165) is 26.2 Å². The predicted molar refractivity (Wildman–Crippen MR) is 76.1 cm³/mol. The molecule has 2 saturated heterocycles. The first-order chi connectivity index (χ1) is 9.33. The van der Waals surface area contributed by atoms with Gasteiger partial charge in [0, 0.05) is 31.7 Å². The Hall–Kier alpha value is -0.610. The maximum Gasteiger partial charge on any atom is 0.236 e. The summed E-state index contributed by atoms with van der Waals surface area (Å²) in [7, 11) is 0. The van der Waals surface area contributed by atoms with Crippen LogP contribution in [0.1, 0.15) is 44.9 Å². The molecule has 3 fully saturated rings. The first-order valence-corrected chi connectivity index (χ1v) is 8.08. The van der Waals surface area contributed by atoms with Crippen molar-refractivity contribution in [1.29, 1.82) is 0 Å². The number of likely N-dealkylation sites (tertiary alicyclic amines) is 1. The quantitative estimate of drug-likeness (QED) is 0.812. The number of hydrogen-bond acceptors (Lipinski definition) is 3. The highest BCUT2D eigenvalue weighted by Crippen LogP contribution is 2.27. The minimum absolute atomic E-state index is 0.361. The van der Waals surface area contributed by atoms with Crippen molar-refractivity contribution in [1.82, 2.24) is 15.1 Å². The van der Waals surface area contributed by atoms with Gasteiger partial charge in [-0.25, -0.2) is 0 Å². The monoisotopic (exact) mass is 265 g/mol. The van der Waals surface area contributed by atoms with E-state index >= 15 is 0 Å². The average molecular weight is 265 g/mol. The van der Waals surface area contributed by atoms with Crippen LogP contribution in [-0.2, 0) is 4.79 Å². The maximum atomic E-state index is 12.3. The SMILES string of the molecule is O=C(CN(CC1CCCCN1)C1CC1)N1CCCC1. The van der Waals surface area contributed by atoms with Crippen LogP contribution < -0.4 is 5.32 Å². The molecule has 0 spiro atoms. The van der Waals surface area contributed by atoms with Gasteiger partial charge in [-0.1, -0.05) is 6.42 Å². The maximum absolute atomic E-state index is 12.3. The fraction of sp³-hybridized carbons (Fsp3) is 0.933. The number of rotatable bonds is 5. The lowest BCUT2D eigenvalue weighted by molar-refractivity contribution is -0.131. The van der Waals surface area contributed by atoms with E-state index in [9.17, 15) is 4.79 Å². The number of carbonyl (C=O) groups excluding carboxylic acids is 1. The van der Waals surface area contributed by atoms with Crippen LogP contribution in [0, 0.1) is 0 Å². The molecular weight excluding hydrogens is 238 g/mol. The fourth-order valence-electron chi connectivity index (χ4n) is 3.39. The molecule has 0 aromatic carbocycles. The zero-order valence-corrected chi connectivity index (χ0v) is 11.9. The molecule has 2 heterocycles. The lowest BCUT2D eigenvalue weighted by atomic mass is 10.0. The third kappa shape index (κ3) is 3.69. The normalized spacial score (nSPS) is 28.1. The molecule has 1 unspecified atom stereocenters. The summed E-state index contributed by atoms with van der Waals surface area (Å²) in [6, 6.07) is 1.30. The summed E-state index contributed by atoms with van der Waals surface area (Å²) < 4.78 is 0. The molecule has 1 amide bonds. The van der Waals surface area contributed by atoms with Crippen LogP contribution >= 0.6 is 0 Å². The van der Waals surface area contributed by atoms with E-state index in [1.165, 1.54) is 44.9 Å². The van der Waals surface area contributed by atoms with Gasteiger partial charge in [0.15, 0.2) is 0 Å². The minimum Gasteiger partial charge on any atom is -0.342 e. The Morgan fingerprint density at radius 3 is 2.53 bits per heavy atom. The molecule has 108 valence electrons. The molecule has 3 rings (SSSR count). The predicted octanol–water partition coefficient (Wildman–Crippen LogP) is 1.22. The molecule has 19 heavy (non-hydrogen) atoms. The van der Waals surface area contributed by atoms with Crippen molar-refractivity contribution in [3.63, 3.8) is 0 Å². The van der Waals surface area contributed by atoms with E-state index in [0.29, 0.717) is 24.5 Å². The van der Waals surface area contributed by atoms with E-state index in [1.54, 1.807) is 0 Å². The highest BCUT2D eigenvalue weighted by Gasteiger charge is 2.33. The summed E-state index contributed by atoms with van der Waals surface area (Å²) in [4.78, 5) is 16.8. The Balaban J connectivity index is 1.50. The third-order valence-corrected chi connectivity index (χ3v) is 4.73. The molecule has 1 saturated carbocycles. The van der Waals surface area contributed by atoms with Gasteiger partial charge in [0.25, 0.3) is 0 Å².